The van der Waals surface area contributed by atoms with Gasteiger partial charge in [-0.05, 0) is 25.3 Å². The summed E-state index contributed by atoms with van der Waals surface area (Å²) >= 11 is 0. The third-order valence-electron chi connectivity index (χ3n) is 4.31. The van der Waals surface area contributed by atoms with Gasteiger partial charge in [0.05, 0.1) is 12.4 Å². The summed E-state index contributed by atoms with van der Waals surface area (Å²) in [6.07, 6.45) is 7.81. The molecule has 0 radical (unpaired) electrons. The summed E-state index contributed by atoms with van der Waals surface area (Å²) in [7, 11) is 0. The highest BCUT2D eigenvalue weighted by Gasteiger charge is 2.29. The molecule has 0 spiro atoms. The lowest BCUT2D eigenvalue weighted by molar-refractivity contribution is 0.0787. The van der Waals surface area contributed by atoms with Gasteiger partial charge in [-0.15, -0.1) is 5.10 Å². The number of aromatic nitrogens is 6. The van der Waals surface area contributed by atoms with Gasteiger partial charge in [0.2, 0.25) is 0 Å². The molecule has 1 atom stereocenters. The molecular formula is C15H17N7O. The fourth-order valence-corrected chi connectivity index (χ4v) is 3.09. The Morgan fingerprint density at radius 1 is 1.39 bits per heavy atom. The van der Waals surface area contributed by atoms with Crippen molar-refractivity contribution in [1.29, 1.82) is 0 Å². The van der Waals surface area contributed by atoms with Gasteiger partial charge in [0, 0.05) is 37.7 Å². The first-order chi connectivity index (χ1) is 11.2. The molecule has 0 aliphatic carbocycles. The molecule has 1 saturated heterocycles. The van der Waals surface area contributed by atoms with Crippen LogP contribution in [-0.4, -0.2) is 53.5 Å². The number of carbonyl (C=O) groups excluding carboxylic acids is 1. The molecule has 8 heteroatoms. The van der Waals surface area contributed by atoms with Crippen LogP contribution in [0, 0.1) is 12.8 Å². The summed E-state index contributed by atoms with van der Waals surface area (Å²) in [4.78, 5) is 19.0. The molecule has 0 aromatic carbocycles. The molecule has 1 aliphatic heterocycles. The van der Waals surface area contributed by atoms with Gasteiger partial charge < -0.3 is 4.90 Å². The standard InChI is InChI=1S/C15H17N7O/c1-11-2-4-16-14-13(8-18-22(11)14)15(23)20-6-3-12(9-20)10-21-7-5-17-19-21/h2,4-5,7-8,12H,3,6,9-10H2,1H3. The largest absolute Gasteiger partial charge is 0.338 e. The van der Waals surface area contributed by atoms with Crippen LogP contribution in [-0.2, 0) is 6.54 Å². The molecule has 3 aromatic rings. The van der Waals surface area contributed by atoms with Crippen LogP contribution < -0.4 is 0 Å². The monoisotopic (exact) mass is 311 g/mol. The normalized spacial score (nSPS) is 18.0. The lowest BCUT2D eigenvalue weighted by Gasteiger charge is -2.15. The Hall–Kier alpha value is -2.77. The first kappa shape index (κ1) is 13.9. The third-order valence-corrected chi connectivity index (χ3v) is 4.31. The molecule has 0 bridgehead atoms. The van der Waals surface area contributed by atoms with Crippen LogP contribution in [0.25, 0.3) is 5.65 Å². The van der Waals surface area contributed by atoms with Crippen LogP contribution >= 0.6 is 0 Å². The van der Waals surface area contributed by atoms with Gasteiger partial charge in [0.15, 0.2) is 5.65 Å². The predicted molar refractivity (Wildman–Crippen MR) is 81.8 cm³/mol. The fourth-order valence-electron chi connectivity index (χ4n) is 3.09. The molecule has 3 aromatic heterocycles. The lowest BCUT2D eigenvalue weighted by atomic mass is 10.1. The second kappa shape index (κ2) is 5.45. The molecule has 118 valence electrons. The average molecular weight is 311 g/mol. The van der Waals surface area contributed by atoms with Crippen LogP contribution in [0.4, 0.5) is 0 Å². The quantitative estimate of drug-likeness (QED) is 0.714. The SMILES string of the molecule is Cc1ccnc2c(C(=O)N3CCC(Cn4ccnn4)C3)cnn12. The van der Waals surface area contributed by atoms with Gasteiger partial charge >= 0.3 is 0 Å². The molecule has 23 heavy (non-hydrogen) atoms. The van der Waals surface area contributed by atoms with Gasteiger partial charge in [-0.3, -0.25) is 9.48 Å². The van der Waals surface area contributed by atoms with E-state index in [1.165, 1.54) is 0 Å². The van der Waals surface area contributed by atoms with Crippen molar-refractivity contribution in [2.45, 2.75) is 19.9 Å². The zero-order valence-corrected chi connectivity index (χ0v) is 12.8. The molecule has 1 amide bonds. The molecule has 8 nitrogen and oxygen atoms in total. The molecule has 4 rings (SSSR count). The second-order valence-electron chi connectivity index (χ2n) is 5.91. The highest BCUT2D eigenvalue weighted by atomic mass is 16.2. The maximum Gasteiger partial charge on any atom is 0.259 e. The van der Waals surface area contributed by atoms with E-state index >= 15 is 0 Å². The zero-order valence-electron chi connectivity index (χ0n) is 12.8. The van der Waals surface area contributed by atoms with Gasteiger partial charge in [-0.1, -0.05) is 5.21 Å². The summed E-state index contributed by atoms with van der Waals surface area (Å²) in [6, 6.07) is 1.87. The van der Waals surface area contributed by atoms with Crippen molar-refractivity contribution >= 4 is 11.6 Å². The topological polar surface area (TPSA) is 81.2 Å². The number of nitrogens with zero attached hydrogens (tertiary/aromatic N) is 7. The number of fused-ring (bicyclic) bond motifs is 1. The molecular weight excluding hydrogens is 294 g/mol. The van der Waals surface area contributed by atoms with Gasteiger partial charge in [-0.2, -0.15) is 5.10 Å². The van der Waals surface area contributed by atoms with Crippen molar-refractivity contribution in [2.24, 2.45) is 5.92 Å². The smallest absolute Gasteiger partial charge is 0.259 e. The molecule has 1 unspecified atom stereocenters. The number of carbonyl (C=O) groups is 1. The van der Waals surface area contributed by atoms with E-state index < -0.39 is 0 Å². The summed E-state index contributed by atoms with van der Waals surface area (Å²) in [5.41, 5.74) is 2.14. The number of likely N-dealkylation sites (tertiary alicyclic amines) is 1. The van der Waals surface area contributed by atoms with E-state index in [0.29, 0.717) is 17.1 Å². The molecule has 4 heterocycles. The minimum atomic E-state index is -0.000750. The Labute approximate surface area is 132 Å². The zero-order chi connectivity index (χ0) is 15.8. The van der Waals surface area contributed by atoms with Crippen LogP contribution in [0.2, 0.25) is 0 Å². The van der Waals surface area contributed by atoms with E-state index in [4.69, 9.17) is 0 Å². The Balaban J connectivity index is 1.52. The summed E-state index contributed by atoms with van der Waals surface area (Å²) in [5.74, 6) is 0.399. The number of amides is 1. The Morgan fingerprint density at radius 3 is 3.13 bits per heavy atom. The van der Waals surface area contributed by atoms with Crippen molar-refractivity contribution in [3.63, 3.8) is 0 Å². The van der Waals surface area contributed by atoms with E-state index in [0.717, 1.165) is 31.7 Å². The van der Waals surface area contributed by atoms with E-state index in [9.17, 15) is 4.79 Å². The number of hydrogen-bond donors (Lipinski definition) is 0. The van der Waals surface area contributed by atoms with Crippen LogP contribution in [0.15, 0.2) is 30.9 Å². The first-order valence-corrected chi connectivity index (χ1v) is 7.65. The van der Waals surface area contributed by atoms with E-state index in [2.05, 4.69) is 20.4 Å². The third kappa shape index (κ3) is 2.45. The molecule has 1 fully saturated rings. The van der Waals surface area contributed by atoms with Crippen LogP contribution in [0.5, 0.6) is 0 Å². The van der Waals surface area contributed by atoms with Crippen LogP contribution in [0.1, 0.15) is 22.5 Å². The average Bonchev–Trinajstić information content (AvgIpc) is 3.27. The predicted octanol–water partition coefficient (Wildman–Crippen LogP) is 0.792. The number of hydrogen-bond acceptors (Lipinski definition) is 5. The summed E-state index contributed by atoms with van der Waals surface area (Å²) in [6.45, 7) is 4.21. The second-order valence-corrected chi connectivity index (χ2v) is 5.91. The summed E-state index contributed by atoms with van der Waals surface area (Å²) < 4.78 is 3.52. The van der Waals surface area contributed by atoms with Crippen LogP contribution in [0.3, 0.4) is 0 Å². The highest BCUT2D eigenvalue weighted by Crippen LogP contribution is 2.21. The lowest BCUT2D eigenvalue weighted by Crippen LogP contribution is -2.29. The van der Waals surface area contributed by atoms with Crippen molar-refractivity contribution in [3.05, 3.63) is 42.1 Å². The van der Waals surface area contributed by atoms with Gasteiger partial charge in [0.1, 0.15) is 5.56 Å². The van der Waals surface area contributed by atoms with Crippen molar-refractivity contribution in [1.82, 2.24) is 34.5 Å². The minimum Gasteiger partial charge on any atom is -0.338 e. The number of rotatable bonds is 3. The van der Waals surface area contributed by atoms with E-state index in [1.807, 2.05) is 28.8 Å². The molecule has 1 aliphatic rings. The number of aryl methyl sites for hydroxylation is 1. The van der Waals surface area contributed by atoms with Gasteiger partial charge in [-0.25, -0.2) is 9.50 Å². The Morgan fingerprint density at radius 2 is 2.30 bits per heavy atom. The molecule has 0 saturated carbocycles. The van der Waals surface area contributed by atoms with E-state index in [-0.39, 0.29) is 5.91 Å². The van der Waals surface area contributed by atoms with Crippen molar-refractivity contribution < 1.29 is 4.79 Å². The van der Waals surface area contributed by atoms with E-state index in [1.54, 1.807) is 23.1 Å². The minimum absolute atomic E-state index is 0.000750. The Kier molecular flexibility index (Phi) is 3.29. The highest BCUT2D eigenvalue weighted by molar-refractivity contribution is 5.99. The first-order valence-electron chi connectivity index (χ1n) is 7.65. The van der Waals surface area contributed by atoms with Gasteiger partial charge in [0.25, 0.3) is 5.91 Å². The fraction of sp³-hybridized carbons (Fsp3) is 0.400. The Bertz CT molecular complexity index is 839. The maximum atomic E-state index is 12.8. The summed E-state index contributed by atoms with van der Waals surface area (Å²) in [5, 5.41) is 12.1. The van der Waals surface area contributed by atoms with Crippen molar-refractivity contribution in [2.75, 3.05) is 13.1 Å². The maximum absolute atomic E-state index is 12.8. The molecule has 0 N–H and O–H groups in total. The van der Waals surface area contributed by atoms with Crippen molar-refractivity contribution in [3.8, 4) is 0 Å².